The van der Waals surface area contributed by atoms with E-state index in [2.05, 4.69) is 17.2 Å². The Labute approximate surface area is 121 Å². The zero-order chi connectivity index (χ0) is 13.0. The summed E-state index contributed by atoms with van der Waals surface area (Å²) in [6, 6.07) is 0.616. The van der Waals surface area contributed by atoms with Gasteiger partial charge in [-0.3, -0.25) is 9.36 Å². The summed E-state index contributed by atoms with van der Waals surface area (Å²) < 4.78 is 2.36. The fourth-order valence-corrected chi connectivity index (χ4v) is 3.04. The Balaban J connectivity index is 1.85. The molecule has 18 heavy (non-hydrogen) atoms. The minimum Gasteiger partial charge on any atom is -0.312 e. The third-order valence-electron chi connectivity index (χ3n) is 3.73. The number of halogens is 1. The molecule has 1 aliphatic rings. The van der Waals surface area contributed by atoms with Crippen LogP contribution in [0.2, 0.25) is 0 Å². The van der Waals surface area contributed by atoms with Gasteiger partial charge in [0.25, 0.3) is 5.56 Å². The van der Waals surface area contributed by atoms with Gasteiger partial charge in [-0.15, -0.1) is 0 Å². The summed E-state index contributed by atoms with van der Waals surface area (Å²) in [5.74, 6) is 0.754. The molecule has 2 rings (SSSR count). The molecule has 1 aromatic rings. The van der Waals surface area contributed by atoms with Gasteiger partial charge in [-0.2, -0.15) is 0 Å². The average molecular weight is 361 g/mol. The standard InChI is InChI=1S/C13H20IN3O/c1-10-4-2-3-5-12(10)16-6-7-17-9-15-8-11(14)13(17)18/h8-10,12,16H,2-7H2,1H3. The summed E-state index contributed by atoms with van der Waals surface area (Å²) in [6.45, 7) is 3.86. The third kappa shape index (κ3) is 3.54. The molecule has 1 heterocycles. The van der Waals surface area contributed by atoms with Crippen LogP contribution < -0.4 is 10.9 Å². The fraction of sp³-hybridized carbons (Fsp3) is 0.692. The molecule has 0 amide bonds. The van der Waals surface area contributed by atoms with E-state index in [9.17, 15) is 4.79 Å². The summed E-state index contributed by atoms with van der Waals surface area (Å²) in [6.07, 6.45) is 8.50. The van der Waals surface area contributed by atoms with Gasteiger partial charge in [-0.1, -0.05) is 19.8 Å². The van der Waals surface area contributed by atoms with E-state index in [0.29, 0.717) is 16.2 Å². The third-order valence-corrected chi connectivity index (χ3v) is 4.47. The van der Waals surface area contributed by atoms with Crippen molar-refractivity contribution in [2.24, 2.45) is 5.92 Å². The number of hydrogen-bond acceptors (Lipinski definition) is 3. The largest absolute Gasteiger partial charge is 0.312 e. The SMILES string of the molecule is CC1CCCCC1NCCn1cncc(I)c1=O. The molecule has 0 aliphatic heterocycles. The smallest absolute Gasteiger partial charge is 0.266 e. The second-order valence-electron chi connectivity index (χ2n) is 5.06. The minimum absolute atomic E-state index is 0.0593. The molecule has 1 saturated carbocycles. The first-order valence-corrected chi connectivity index (χ1v) is 7.69. The first-order chi connectivity index (χ1) is 8.68. The van der Waals surface area contributed by atoms with Crippen molar-refractivity contribution < 1.29 is 0 Å². The Bertz CT molecular complexity index is 446. The number of aromatic nitrogens is 2. The van der Waals surface area contributed by atoms with Crippen molar-refractivity contribution >= 4 is 22.6 Å². The van der Waals surface area contributed by atoms with Crippen molar-refractivity contribution in [3.05, 3.63) is 26.4 Å². The quantitative estimate of drug-likeness (QED) is 0.835. The molecule has 0 aromatic carbocycles. The molecule has 2 unspecified atom stereocenters. The van der Waals surface area contributed by atoms with Gasteiger partial charge < -0.3 is 5.32 Å². The summed E-state index contributed by atoms with van der Waals surface area (Å²) in [7, 11) is 0. The number of rotatable bonds is 4. The molecule has 0 bridgehead atoms. The van der Waals surface area contributed by atoms with Crippen LogP contribution in [-0.4, -0.2) is 22.1 Å². The van der Waals surface area contributed by atoms with Crippen LogP contribution in [0.1, 0.15) is 32.6 Å². The molecule has 0 saturated heterocycles. The molecule has 0 spiro atoms. The van der Waals surface area contributed by atoms with Crippen molar-refractivity contribution in [2.45, 2.75) is 45.2 Å². The Morgan fingerprint density at radius 1 is 1.50 bits per heavy atom. The maximum atomic E-state index is 11.8. The van der Waals surface area contributed by atoms with Gasteiger partial charge in [-0.05, 0) is 41.4 Å². The van der Waals surface area contributed by atoms with Crippen LogP contribution >= 0.6 is 22.6 Å². The van der Waals surface area contributed by atoms with Gasteiger partial charge in [0.05, 0.1) is 9.90 Å². The lowest BCUT2D eigenvalue weighted by atomic mass is 9.86. The van der Waals surface area contributed by atoms with E-state index in [1.807, 2.05) is 22.6 Å². The number of nitrogens with zero attached hydrogens (tertiary/aromatic N) is 2. The molecule has 2 atom stereocenters. The minimum atomic E-state index is 0.0593. The van der Waals surface area contributed by atoms with Crippen molar-refractivity contribution in [1.29, 1.82) is 0 Å². The van der Waals surface area contributed by atoms with E-state index in [4.69, 9.17) is 0 Å². The van der Waals surface area contributed by atoms with Crippen LogP contribution in [0.25, 0.3) is 0 Å². The molecule has 1 aliphatic carbocycles. The summed E-state index contributed by atoms with van der Waals surface area (Å²) in [5, 5.41) is 3.58. The summed E-state index contributed by atoms with van der Waals surface area (Å²) in [4.78, 5) is 15.9. The van der Waals surface area contributed by atoms with Crippen molar-refractivity contribution in [1.82, 2.24) is 14.9 Å². The van der Waals surface area contributed by atoms with E-state index in [1.54, 1.807) is 17.1 Å². The van der Waals surface area contributed by atoms with E-state index in [0.717, 1.165) is 12.5 Å². The maximum Gasteiger partial charge on any atom is 0.266 e. The second kappa shape index (κ2) is 6.65. The van der Waals surface area contributed by atoms with Crippen LogP contribution in [0.15, 0.2) is 17.3 Å². The normalized spacial score (nSPS) is 24.1. The van der Waals surface area contributed by atoms with Gasteiger partial charge in [0.1, 0.15) is 0 Å². The highest BCUT2D eigenvalue weighted by atomic mass is 127. The maximum absolute atomic E-state index is 11.8. The predicted molar refractivity (Wildman–Crippen MR) is 80.6 cm³/mol. The van der Waals surface area contributed by atoms with E-state index >= 15 is 0 Å². The molecule has 1 N–H and O–H groups in total. The molecule has 1 aromatic heterocycles. The molecule has 5 heteroatoms. The van der Waals surface area contributed by atoms with Crippen molar-refractivity contribution in [3.63, 3.8) is 0 Å². The zero-order valence-corrected chi connectivity index (χ0v) is 12.9. The molecular formula is C13H20IN3O. The Morgan fingerprint density at radius 3 is 3.06 bits per heavy atom. The highest BCUT2D eigenvalue weighted by Crippen LogP contribution is 2.23. The number of nitrogens with one attached hydrogen (secondary N) is 1. The van der Waals surface area contributed by atoms with Crippen molar-refractivity contribution in [3.8, 4) is 0 Å². The van der Waals surface area contributed by atoms with E-state index in [1.165, 1.54) is 25.7 Å². The lowest BCUT2D eigenvalue weighted by Crippen LogP contribution is -2.39. The summed E-state index contributed by atoms with van der Waals surface area (Å²) in [5.41, 5.74) is 0.0593. The fourth-order valence-electron chi connectivity index (χ4n) is 2.57. The molecule has 0 radical (unpaired) electrons. The average Bonchev–Trinajstić information content (AvgIpc) is 2.37. The molecule has 100 valence electrons. The highest BCUT2D eigenvalue weighted by Gasteiger charge is 2.20. The van der Waals surface area contributed by atoms with E-state index in [-0.39, 0.29) is 5.56 Å². The molecule has 4 nitrogen and oxygen atoms in total. The summed E-state index contributed by atoms with van der Waals surface area (Å²) >= 11 is 2.03. The van der Waals surface area contributed by atoms with Crippen LogP contribution in [-0.2, 0) is 6.54 Å². The van der Waals surface area contributed by atoms with Crippen LogP contribution in [0, 0.1) is 9.49 Å². The van der Waals surface area contributed by atoms with Crippen molar-refractivity contribution in [2.75, 3.05) is 6.54 Å². The number of hydrogen-bond donors (Lipinski definition) is 1. The predicted octanol–water partition coefficient (Wildman–Crippen LogP) is 2.02. The van der Waals surface area contributed by atoms with Gasteiger partial charge in [0.15, 0.2) is 0 Å². The Morgan fingerprint density at radius 2 is 2.28 bits per heavy atom. The Kier molecular flexibility index (Phi) is 5.17. The lowest BCUT2D eigenvalue weighted by Gasteiger charge is -2.29. The first kappa shape index (κ1) is 14.0. The Hall–Kier alpha value is -0.430. The van der Waals surface area contributed by atoms with Crippen LogP contribution in [0.5, 0.6) is 0 Å². The first-order valence-electron chi connectivity index (χ1n) is 6.62. The molecular weight excluding hydrogens is 341 g/mol. The highest BCUT2D eigenvalue weighted by molar-refractivity contribution is 14.1. The van der Waals surface area contributed by atoms with E-state index < -0.39 is 0 Å². The monoisotopic (exact) mass is 361 g/mol. The van der Waals surface area contributed by atoms with Gasteiger partial charge in [0, 0.05) is 25.3 Å². The van der Waals surface area contributed by atoms with Crippen LogP contribution in [0.4, 0.5) is 0 Å². The lowest BCUT2D eigenvalue weighted by molar-refractivity contribution is 0.278. The van der Waals surface area contributed by atoms with Gasteiger partial charge in [-0.25, -0.2) is 4.98 Å². The van der Waals surface area contributed by atoms with Crippen LogP contribution in [0.3, 0.4) is 0 Å². The van der Waals surface area contributed by atoms with Gasteiger partial charge >= 0.3 is 0 Å². The topological polar surface area (TPSA) is 46.9 Å². The second-order valence-corrected chi connectivity index (χ2v) is 6.22. The van der Waals surface area contributed by atoms with Gasteiger partial charge in [0.2, 0.25) is 0 Å². The zero-order valence-electron chi connectivity index (χ0n) is 10.7. The molecule has 1 fully saturated rings.